The number of carbonyl (C=O) groups is 1. The smallest absolute Gasteiger partial charge is 0.180 e. The van der Waals surface area contributed by atoms with Gasteiger partial charge in [-0.15, -0.1) is 12.4 Å². The number of ketones is 1. The molecule has 1 unspecified atom stereocenters. The summed E-state index contributed by atoms with van der Waals surface area (Å²) in [7, 11) is 0. The van der Waals surface area contributed by atoms with Crippen molar-refractivity contribution in [1.82, 2.24) is 5.32 Å². The van der Waals surface area contributed by atoms with E-state index in [1.54, 1.807) is 6.07 Å². The van der Waals surface area contributed by atoms with Gasteiger partial charge in [0.2, 0.25) is 0 Å². The van der Waals surface area contributed by atoms with Gasteiger partial charge in [-0.05, 0) is 39.6 Å². The Morgan fingerprint density at radius 2 is 2.00 bits per heavy atom. The van der Waals surface area contributed by atoms with Crippen LogP contribution in [0.3, 0.4) is 0 Å². The Kier molecular flexibility index (Phi) is 2.46. The molecule has 4 heteroatoms. The number of hydrogen-bond donors (Lipinski definition) is 1. The molecule has 2 nitrogen and oxygen atoms in total. The molecular formula is C13H19Cl2NO. The lowest BCUT2D eigenvalue weighted by atomic mass is 10.0. The third-order valence-corrected chi connectivity index (χ3v) is 2.30. The second-order valence-electron chi connectivity index (χ2n) is 3.46. The van der Waals surface area contributed by atoms with Crippen molar-refractivity contribution < 1.29 is 17.1 Å². The van der Waals surface area contributed by atoms with Gasteiger partial charge >= 0.3 is 0 Å². The largest absolute Gasteiger partial charge is 0.303 e. The van der Waals surface area contributed by atoms with Crippen LogP contribution >= 0.6 is 24.0 Å². The van der Waals surface area contributed by atoms with E-state index in [9.17, 15) is 4.79 Å². The van der Waals surface area contributed by atoms with E-state index < -0.39 is 37.9 Å². The summed E-state index contributed by atoms with van der Waals surface area (Å²) < 4.78 is 67.9. The maximum Gasteiger partial charge on any atom is 0.180 e. The van der Waals surface area contributed by atoms with Crippen LogP contribution in [0.15, 0.2) is 24.3 Å². The van der Waals surface area contributed by atoms with Crippen molar-refractivity contribution in [2.24, 2.45) is 0 Å². The lowest BCUT2D eigenvalue weighted by molar-refractivity contribution is 0.0936. The van der Waals surface area contributed by atoms with Crippen LogP contribution in [-0.2, 0) is 0 Å². The SMILES string of the molecule is Cl.[2H]C([2H])([2H])C(NC(C)C(=O)c1ccccc1Cl)(C([2H])([2H])[2H])C([2H])([2H])[2H]. The van der Waals surface area contributed by atoms with Gasteiger partial charge in [0.15, 0.2) is 5.78 Å². The molecule has 0 aliphatic heterocycles. The molecule has 1 N–H and O–H groups in total. The van der Waals surface area contributed by atoms with Crippen LogP contribution in [0.2, 0.25) is 5.02 Å². The molecule has 1 rings (SSSR count). The van der Waals surface area contributed by atoms with Crippen LogP contribution in [0.25, 0.3) is 0 Å². The fourth-order valence-corrected chi connectivity index (χ4v) is 1.51. The standard InChI is InChI=1S/C13H18ClNO.ClH/c1-9(15-13(2,3)4)12(16)10-7-5-6-8-11(10)14;/h5-9,15H,1-4H3;1H/i2D3,3D3,4D3;. The fraction of sp³-hybridized carbons (Fsp3) is 0.462. The average Bonchev–Trinajstić information content (AvgIpc) is 2.40. The normalized spacial score (nSPS) is 22.8. The maximum atomic E-state index is 12.5. The Morgan fingerprint density at radius 3 is 2.53 bits per heavy atom. The summed E-state index contributed by atoms with van der Waals surface area (Å²) in [6.45, 7) is -9.10. The fourth-order valence-electron chi connectivity index (χ4n) is 1.28. The first-order chi connectivity index (χ1) is 11.1. The summed E-state index contributed by atoms with van der Waals surface area (Å²) in [5.74, 6) is -0.715. The molecule has 0 bridgehead atoms. The number of rotatable bonds is 3. The highest BCUT2D eigenvalue weighted by molar-refractivity contribution is 6.34. The Balaban J connectivity index is 0.00000625. The van der Waals surface area contributed by atoms with Gasteiger partial charge in [0.1, 0.15) is 0 Å². The van der Waals surface area contributed by atoms with Crippen LogP contribution in [0.4, 0.5) is 0 Å². The van der Waals surface area contributed by atoms with Gasteiger partial charge in [-0.2, -0.15) is 0 Å². The molecule has 0 fully saturated rings. The van der Waals surface area contributed by atoms with Crippen molar-refractivity contribution in [2.75, 3.05) is 0 Å². The summed E-state index contributed by atoms with van der Waals surface area (Å²) in [6, 6.07) is 4.50. The molecule has 17 heavy (non-hydrogen) atoms. The zero-order valence-corrected chi connectivity index (χ0v) is 10.7. The van der Waals surface area contributed by atoms with E-state index in [1.807, 2.05) is 0 Å². The highest BCUT2D eigenvalue weighted by Gasteiger charge is 2.21. The van der Waals surface area contributed by atoms with Crippen molar-refractivity contribution in [2.45, 2.75) is 39.1 Å². The molecule has 96 valence electrons. The number of carbonyl (C=O) groups excluding carboxylic acids is 1. The van der Waals surface area contributed by atoms with Crippen molar-refractivity contribution in [1.29, 1.82) is 0 Å². The molecular weight excluding hydrogens is 257 g/mol. The van der Waals surface area contributed by atoms with E-state index in [0.29, 0.717) is 0 Å². The molecule has 1 atom stereocenters. The van der Waals surface area contributed by atoms with Gasteiger partial charge in [0, 0.05) is 23.4 Å². The molecule has 1 aromatic carbocycles. The Hall–Kier alpha value is -0.570. The number of Topliss-reactive ketones (excluding diaryl/α,β-unsaturated/α-hetero) is 1. The number of nitrogens with one attached hydrogen (secondary N) is 1. The van der Waals surface area contributed by atoms with Crippen molar-refractivity contribution in [3.05, 3.63) is 34.9 Å². The number of hydrogen-bond acceptors (Lipinski definition) is 2. The third kappa shape index (κ3) is 5.07. The first kappa shape index (κ1) is 6.55. The minimum absolute atomic E-state index is 0. The highest BCUT2D eigenvalue weighted by atomic mass is 35.5. The Bertz CT molecular complexity index is 604. The summed E-state index contributed by atoms with van der Waals surface area (Å²) in [5, 5.41) is 2.17. The molecule has 0 saturated heterocycles. The Labute approximate surface area is 127 Å². The van der Waals surface area contributed by atoms with Crippen LogP contribution in [0, 0.1) is 0 Å². The zero-order valence-electron chi connectivity index (χ0n) is 18.1. The molecule has 0 aliphatic carbocycles. The first-order valence-corrected chi connectivity index (χ1v) is 5.00. The average molecular weight is 285 g/mol. The second kappa shape index (κ2) is 6.39. The van der Waals surface area contributed by atoms with Crippen molar-refractivity contribution in [3.63, 3.8) is 0 Å². The number of benzene rings is 1. The lowest BCUT2D eigenvalue weighted by Crippen LogP contribution is -2.46. The summed E-state index contributed by atoms with van der Waals surface area (Å²) in [6.07, 6.45) is 0. The van der Waals surface area contributed by atoms with Gasteiger partial charge in [0.05, 0.1) is 11.1 Å². The lowest BCUT2D eigenvalue weighted by Gasteiger charge is -2.25. The third-order valence-electron chi connectivity index (χ3n) is 1.97. The van der Waals surface area contributed by atoms with E-state index in [1.165, 1.54) is 25.1 Å². The zero-order chi connectivity index (χ0) is 19.8. The molecule has 0 radical (unpaired) electrons. The summed E-state index contributed by atoms with van der Waals surface area (Å²) in [4.78, 5) is 12.5. The quantitative estimate of drug-likeness (QED) is 0.858. The van der Waals surface area contributed by atoms with Crippen LogP contribution in [0.5, 0.6) is 0 Å². The van der Waals surface area contributed by atoms with Crippen molar-refractivity contribution >= 4 is 29.8 Å². The first-order valence-electron chi connectivity index (χ1n) is 9.13. The predicted molar refractivity (Wildman–Crippen MR) is 75.4 cm³/mol. The van der Waals surface area contributed by atoms with Gasteiger partial charge in [-0.1, -0.05) is 23.7 Å². The topological polar surface area (TPSA) is 29.1 Å². The molecule has 0 aromatic heterocycles. The minimum atomic E-state index is -3.43. The van der Waals surface area contributed by atoms with Crippen molar-refractivity contribution in [3.8, 4) is 0 Å². The predicted octanol–water partition coefficient (Wildman–Crippen LogP) is 3.72. The van der Waals surface area contributed by atoms with Gasteiger partial charge < -0.3 is 5.32 Å². The van der Waals surface area contributed by atoms with Crippen LogP contribution < -0.4 is 5.32 Å². The van der Waals surface area contributed by atoms with E-state index in [0.717, 1.165) is 0 Å². The van der Waals surface area contributed by atoms with Gasteiger partial charge in [-0.25, -0.2) is 0 Å². The monoisotopic (exact) mass is 284 g/mol. The Morgan fingerprint density at radius 1 is 1.41 bits per heavy atom. The molecule has 0 heterocycles. The molecule has 1 aromatic rings. The summed E-state index contributed by atoms with van der Waals surface area (Å²) >= 11 is 5.92. The van der Waals surface area contributed by atoms with E-state index in [-0.39, 0.29) is 23.0 Å². The van der Waals surface area contributed by atoms with E-state index in [2.05, 4.69) is 5.32 Å². The maximum absolute atomic E-state index is 12.5. The summed E-state index contributed by atoms with van der Waals surface area (Å²) in [5.41, 5.74) is -3.25. The minimum Gasteiger partial charge on any atom is -0.303 e. The molecule has 0 aliphatic rings. The molecule has 0 spiro atoms. The van der Waals surface area contributed by atoms with Crippen LogP contribution in [-0.4, -0.2) is 17.4 Å². The van der Waals surface area contributed by atoms with E-state index >= 15 is 0 Å². The van der Waals surface area contributed by atoms with E-state index in [4.69, 9.17) is 23.9 Å². The van der Waals surface area contributed by atoms with Crippen LogP contribution in [0.1, 0.15) is 50.2 Å². The molecule has 0 amide bonds. The molecule has 0 saturated carbocycles. The highest BCUT2D eigenvalue weighted by Crippen LogP contribution is 2.17. The van der Waals surface area contributed by atoms with Gasteiger partial charge in [0.25, 0.3) is 0 Å². The van der Waals surface area contributed by atoms with Gasteiger partial charge in [-0.3, -0.25) is 4.79 Å². The second-order valence-corrected chi connectivity index (χ2v) is 3.87. The number of halogens is 2.